The summed E-state index contributed by atoms with van der Waals surface area (Å²) in [7, 11) is 0. The monoisotopic (exact) mass is 447 g/mol. The van der Waals surface area contributed by atoms with Crippen LogP contribution in [0.15, 0.2) is 28.7 Å². The van der Waals surface area contributed by atoms with Gasteiger partial charge in [-0.1, -0.05) is 15.9 Å². The van der Waals surface area contributed by atoms with Gasteiger partial charge in [0.05, 0.1) is 6.54 Å². The molecule has 0 unspecified atom stereocenters. The Balaban J connectivity index is 1.20. The van der Waals surface area contributed by atoms with E-state index in [1.165, 1.54) is 19.3 Å². The third kappa shape index (κ3) is 4.40. The molecule has 28 heavy (non-hydrogen) atoms. The minimum atomic E-state index is -0.440. The number of rotatable bonds is 5. The molecular formula is C21H26BrN3O3. The van der Waals surface area contributed by atoms with E-state index in [2.05, 4.69) is 32.1 Å². The van der Waals surface area contributed by atoms with Crippen LogP contribution in [0.5, 0.6) is 0 Å². The molecule has 4 saturated carbocycles. The third-order valence-electron chi connectivity index (χ3n) is 6.56. The van der Waals surface area contributed by atoms with E-state index in [-0.39, 0.29) is 23.8 Å². The molecule has 0 saturated heterocycles. The second-order valence-electron chi connectivity index (χ2n) is 8.88. The normalized spacial score (nSPS) is 30.0. The summed E-state index contributed by atoms with van der Waals surface area (Å²) in [5, 5.41) is 2.55. The molecule has 0 spiro atoms. The molecule has 6 nitrogen and oxygen atoms in total. The fourth-order valence-electron chi connectivity index (χ4n) is 5.94. The van der Waals surface area contributed by atoms with Crippen molar-refractivity contribution < 1.29 is 14.4 Å². The summed E-state index contributed by atoms with van der Waals surface area (Å²) in [6.07, 6.45) is 7.99. The van der Waals surface area contributed by atoms with Crippen LogP contribution in [0.1, 0.15) is 55.3 Å². The SMILES string of the molecule is O=C(CNC(=O)c1ccc(Br)cc1)NNC(=O)CC12CC3CC(CC(C3)C1)C2. The van der Waals surface area contributed by atoms with Gasteiger partial charge in [0.2, 0.25) is 5.91 Å². The molecule has 1 aromatic carbocycles. The number of hydrazine groups is 1. The fraction of sp³-hybridized carbons (Fsp3) is 0.571. The summed E-state index contributed by atoms with van der Waals surface area (Å²) in [6, 6.07) is 6.87. The fourth-order valence-corrected chi connectivity index (χ4v) is 6.20. The van der Waals surface area contributed by atoms with E-state index in [0.717, 1.165) is 41.5 Å². The summed E-state index contributed by atoms with van der Waals surface area (Å²) < 4.78 is 0.878. The maximum Gasteiger partial charge on any atom is 0.257 e. The quantitative estimate of drug-likeness (QED) is 0.606. The molecule has 3 amide bonds. The second kappa shape index (κ2) is 7.85. The zero-order chi connectivity index (χ0) is 19.7. The zero-order valence-corrected chi connectivity index (χ0v) is 17.4. The van der Waals surface area contributed by atoms with E-state index in [4.69, 9.17) is 0 Å². The number of hydrogen-bond acceptors (Lipinski definition) is 3. The van der Waals surface area contributed by atoms with Crippen molar-refractivity contribution >= 4 is 33.7 Å². The van der Waals surface area contributed by atoms with Gasteiger partial charge < -0.3 is 5.32 Å². The van der Waals surface area contributed by atoms with Crippen LogP contribution in [0.3, 0.4) is 0 Å². The molecular weight excluding hydrogens is 422 g/mol. The van der Waals surface area contributed by atoms with Crippen molar-refractivity contribution in [1.82, 2.24) is 16.2 Å². The predicted octanol–water partition coefficient (Wildman–Crippen LogP) is 2.93. The Kier molecular flexibility index (Phi) is 5.45. The van der Waals surface area contributed by atoms with Crippen molar-refractivity contribution in [2.45, 2.75) is 44.9 Å². The van der Waals surface area contributed by atoms with Gasteiger partial charge in [-0.25, -0.2) is 0 Å². The Morgan fingerprint density at radius 1 is 0.893 bits per heavy atom. The molecule has 4 bridgehead atoms. The Morgan fingerprint density at radius 2 is 1.43 bits per heavy atom. The topological polar surface area (TPSA) is 87.3 Å². The van der Waals surface area contributed by atoms with Gasteiger partial charge in [-0.15, -0.1) is 0 Å². The Bertz CT molecular complexity index is 742. The molecule has 3 N–H and O–H groups in total. The maximum absolute atomic E-state index is 12.4. The molecule has 4 fully saturated rings. The molecule has 4 aliphatic rings. The van der Waals surface area contributed by atoms with Gasteiger partial charge in [-0.3, -0.25) is 25.2 Å². The lowest BCUT2D eigenvalue weighted by Crippen LogP contribution is -2.51. The van der Waals surface area contributed by atoms with Crippen LogP contribution in [0, 0.1) is 23.2 Å². The van der Waals surface area contributed by atoms with Crippen molar-refractivity contribution in [3.63, 3.8) is 0 Å². The highest BCUT2D eigenvalue weighted by atomic mass is 79.9. The van der Waals surface area contributed by atoms with Gasteiger partial charge in [-0.2, -0.15) is 0 Å². The lowest BCUT2D eigenvalue weighted by Gasteiger charge is -2.56. The minimum Gasteiger partial charge on any atom is -0.343 e. The molecule has 4 aliphatic carbocycles. The number of amides is 3. The van der Waals surface area contributed by atoms with Crippen molar-refractivity contribution in [2.24, 2.45) is 23.2 Å². The summed E-state index contributed by atoms with van der Waals surface area (Å²) in [4.78, 5) is 36.4. The van der Waals surface area contributed by atoms with Crippen LogP contribution < -0.4 is 16.2 Å². The molecule has 1 aromatic rings. The first-order valence-electron chi connectivity index (χ1n) is 10.0. The van der Waals surface area contributed by atoms with Gasteiger partial charge in [0.15, 0.2) is 0 Å². The van der Waals surface area contributed by atoms with E-state index in [1.54, 1.807) is 24.3 Å². The minimum absolute atomic E-state index is 0.130. The highest BCUT2D eigenvalue weighted by molar-refractivity contribution is 9.10. The number of benzene rings is 1. The van der Waals surface area contributed by atoms with Crippen molar-refractivity contribution in [3.05, 3.63) is 34.3 Å². The average Bonchev–Trinajstić information content (AvgIpc) is 2.63. The van der Waals surface area contributed by atoms with Gasteiger partial charge in [0.25, 0.3) is 11.8 Å². The van der Waals surface area contributed by atoms with Crippen LogP contribution in [-0.2, 0) is 9.59 Å². The Morgan fingerprint density at radius 3 is 2.00 bits per heavy atom. The van der Waals surface area contributed by atoms with Crippen molar-refractivity contribution in [2.75, 3.05) is 6.54 Å². The van der Waals surface area contributed by atoms with Crippen LogP contribution in [0.25, 0.3) is 0 Å². The number of halogens is 1. The Hall–Kier alpha value is -1.89. The summed E-state index contributed by atoms with van der Waals surface area (Å²) in [6.45, 7) is -0.188. The Labute approximate surface area is 173 Å². The lowest BCUT2D eigenvalue weighted by atomic mass is 9.49. The molecule has 7 heteroatoms. The summed E-state index contributed by atoms with van der Waals surface area (Å²) in [5.74, 6) is 1.48. The number of hydrogen-bond donors (Lipinski definition) is 3. The molecule has 150 valence electrons. The second-order valence-corrected chi connectivity index (χ2v) is 9.80. The lowest BCUT2D eigenvalue weighted by molar-refractivity contribution is -0.134. The van der Waals surface area contributed by atoms with Crippen LogP contribution in [-0.4, -0.2) is 24.3 Å². The van der Waals surface area contributed by atoms with Crippen LogP contribution >= 0.6 is 15.9 Å². The van der Waals surface area contributed by atoms with Crippen LogP contribution in [0.2, 0.25) is 0 Å². The number of carbonyl (C=O) groups is 3. The first-order valence-corrected chi connectivity index (χ1v) is 10.8. The standard InChI is InChI=1S/C21H26BrN3O3/c22-17-3-1-16(2-4-17)20(28)23-12-19(27)25-24-18(26)11-21-8-13-5-14(9-21)7-15(6-13)10-21/h1-4,13-15H,5-12H2,(H,23,28)(H,24,26)(H,25,27). The zero-order valence-electron chi connectivity index (χ0n) is 15.8. The number of carbonyl (C=O) groups excluding carboxylic acids is 3. The van der Waals surface area contributed by atoms with Crippen LogP contribution in [0.4, 0.5) is 0 Å². The van der Waals surface area contributed by atoms with Crippen molar-refractivity contribution in [3.8, 4) is 0 Å². The molecule has 0 aromatic heterocycles. The highest BCUT2D eigenvalue weighted by Gasteiger charge is 2.51. The average molecular weight is 448 g/mol. The van der Waals surface area contributed by atoms with E-state index in [0.29, 0.717) is 12.0 Å². The predicted molar refractivity (Wildman–Crippen MR) is 108 cm³/mol. The molecule has 0 heterocycles. The van der Waals surface area contributed by atoms with Gasteiger partial charge in [0, 0.05) is 16.5 Å². The molecule has 5 rings (SSSR count). The molecule has 0 aliphatic heterocycles. The number of nitrogens with one attached hydrogen (secondary N) is 3. The molecule has 0 atom stereocenters. The van der Waals surface area contributed by atoms with E-state index < -0.39 is 5.91 Å². The summed E-state index contributed by atoms with van der Waals surface area (Å²) in [5.41, 5.74) is 5.56. The maximum atomic E-state index is 12.4. The van der Waals surface area contributed by atoms with E-state index in [9.17, 15) is 14.4 Å². The van der Waals surface area contributed by atoms with Gasteiger partial charge >= 0.3 is 0 Å². The smallest absolute Gasteiger partial charge is 0.257 e. The van der Waals surface area contributed by atoms with E-state index >= 15 is 0 Å². The van der Waals surface area contributed by atoms with Crippen molar-refractivity contribution in [1.29, 1.82) is 0 Å². The van der Waals surface area contributed by atoms with Gasteiger partial charge in [-0.05, 0) is 86.0 Å². The first kappa shape index (κ1) is 19.4. The molecule has 0 radical (unpaired) electrons. The largest absolute Gasteiger partial charge is 0.343 e. The first-order chi connectivity index (χ1) is 13.4. The third-order valence-corrected chi connectivity index (χ3v) is 7.09. The summed E-state index contributed by atoms with van der Waals surface area (Å²) >= 11 is 3.31. The highest BCUT2D eigenvalue weighted by Crippen LogP contribution is 2.61. The van der Waals surface area contributed by atoms with E-state index in [1.807, 2.05) is 0 Å². The van der Waals surface area contributed by atoms with Gasteiger partial charge in [0.1, 0.15) is 0 Å².